The van der Waals surface area contributed by atoms with E-state index in [1.165, 1.54) is 0 Å². The van der Waals surface area contributed by atoms with E-state index < -0.39 is 5.60 Å². The Hall–Kier alpha value is -1.20. The lowest BCUT2D eigenvalue weighted by atomic mass is 10.0. The maximum Gasteiger partial charge on any atom is 0.255 e. The number of likely N-dealkylation sites (N-methyl/N-ethyl adjacent to an activating group) is 1. The number of carbonyl (C=O) groups excluding carboxylic acids is 1. The van der Waals surface area contributed by atoms with Crippen LogP contribution in [0.3, 0.4) is 0 Å². The van der Waals surface area contributed by atoms with Gasteiger partial charge in [0.1, 0.15) is 0 Å². The molecule has 1 aliphatic rings. The van der Waals surface area contributed by atoms with Gasteiger partial charge in [0.15, 0.2) is 5.60 Å². The standard InChI is InChI=1S/C15H22N2O2S/c1-16(2)13-6-4-5-12(9-13)10-17(3)14(18)15(19)7-8-20-11-15/h4-6,9,19H,7-8,10-11H2,1-3H3. The van der Waals surface area contributed by atoms with Gasteiger partial charge in [0.05, 0.1) is 0 Å². The number of benzene rings is 1. The van der Waals surface area contributed by atoms with Crippen molar-refractivity contribution in [2.75, 3.05) is 37.5 Å². The zero-order valence-electron chi connectivity index (χ0n) is 12.3. The van der Waals surface area contributed by atoms with Crippen molar-refractivity contribution in [3.63, 3.8) is 0 Å². The first-order valence-electron chi connectivity index (χ1n) is 6.74. The van der Waals surface area contributed by atoms with Crippen LogP contribution in [-0.2, 0) is 11.3 Å². The number of aliphatic hydroxyl groups is 1. The van der Waals surface area contributed by atoms with E-state index in [1.807, 2.05) is 37.2 Å². The van der Waals surface area contributed by atoms with Crippen LogP contribution in [0.4, 0.5) is 5.69 Å². The van der Waals surface area contributed by atoms with Crippen LogP contribution in [0.25, 0.3) is 0 Å². The molecule has 20 heavy (non-hydrogen) atoms. The average molecular weight is 294 g/mol. The van der Waals surface area contributed by atoms with Gasteiger partial charge in [0.2, 0.25) is 0 Å². The van der Waals surface area contributed by atoms with Crippen molar-refractivity contribution in [2.24, 2.45) is 0 Å². The number of thioether (sulfide) groups is 1. The maximum atomic E-state index is 12.3. The van der Waals surface area contributed by atoms with Crippen LogP contribution < -0.4 is 4.90 Å². The van der Waals surface area contributed by atoms with Crippen LogP contribution in [0, 0.1) is 0 Å². The zero-order chi connectivity index (χ0) is 14.8. The second kappa shape index (κ2) is 6.06. The molecule has 110 valence electrons. The third-order valence-corrected chi connectivity index (χ3v) is 4.77. The van der Waals surface area contributed by atoms with Gasteiger partial charge in [-0.2, -0.15) is 11.8 Å². The first-order valence-corrected chi connectivity index (χ1v) is 7.90. The van der Waals surface area contributed by atoms with Gasteiger partial charge in [-0.15, -0.1) is 0 Å². The van der Waals surface area contributed by atoms with E-state index in [9.17, 15) is 9.90 Å². The number of anilines is 1. The molecule has 1 amide bonds. The summed E-state index contributed by atoms with van der Waals surface area (Å²) >= 11 is 1.64. The molecule has 1 unspecified atom stereocenters. The largest absolute Gasteiger partial charge is 0.379 e. The Morgan fingerprint density at radius 1 is 1.40 bits per heavy atom. The Morgan fingerprint density at radius 2 is 2.15 bits per heavy atom. The molecule has 1 heterocycles. The fourth-order valence-corrected chi connectivity index (χ4v) is 3.59. The second-order valence-corrected chi connectivity index (χ2v) is 6.66. The van der Waals surface area contributed by atoms with E-state index in [4.69, 9.17) is 0 Å². The molecule has 5 heteroatoms. The van der Waals surface area contributed by atoms with Crippen molar-refractivity contribution in [3.05, 3.63) is 29.8 Å². The highest BCUT2D eigenvalue weighted by Gasteiger charge is 2.41. The van der Waals surface area contributed by atoms with Crippen molar-refractivity contribution in [1.82, 2.24) is 4.90 Å². The molecule has 1 N–H and O–H groups in total. The van der Waals surface area contributed by atoms with Crippen LogP contribution in [0.2, 0.25) is 0 Å². The number of amides is 1. The van der Waals surface area contributed by atoms with Gasteiger partial charge in [-0.3, -0.25) is 4.79 Å². The van der Waals surface area contributed by atoms with Crippen LogP contribution in [0.15, 0.2) is 24.3 Å². The Bertz CT molecular complexity index is 485. The molecule has 1 aromatic carbocycles. The van der Waals surface area contributed by atoms with Crippen LogP contribution in [-0.4, -0.2) is 54.2 Å². The van der Waals surface area contributed by atoms with E-state index in [2.05, 4.69) is 6.07 Å². The predicted molar refractivity (Wildman–Crippen MR) is 84.1 cm³/mol. The number of hydrogen-bond donors (Lipinski definition) is 1. The maximum absolute atomic E-state index is 12.3. The van der Waals surface area contributed by atoms with E-state index in [0.29, 0.717) is 18.7 Å². The molecule has 4 nitrogen and oxygen atoms in total. The Labute approximate surface area is 124 Å². The van der Waals surface area contributed by atoms with E-state index in [-0.39, 0.29) is 5.91 Å². The molecule has 1 fully saturated rings. The van der Waals surface area contributed by atoms with Crippen molar-refractivity contribution in [2.45, 2.75) is 18.6 Å². The third-order valence-electron chi connectivity index (χ3n) is 3.59. The SMILES string of the molecule is CN(Cc1cccc(N(C)C)c1)C(=O)C1(O)CCSC1. The summed E-state index contributed by atoms with van der Waals surface area (Å²) in [4.78, 5) is 16.0. The summed E-state index contributed by atoms with van der Waals surface area (Å²) in [5.41, 5.74) is 1.01. The zero-order valence-corrected chi connectivity index (χ0v) is 13.1. The summed E-state index contributed by atoms with van der Waals surface area (Å²) in [5, 5.41) is 10.3. The highest BCUT2D eigenvalue weighted by Crippen LogP contribution is 2.29. The van der Waals surface area contributed by atoms with E-state index in [0.717, 1.165) is 17.0 Å². The van der Waals surface area contributed by atoms with Crippen LogP contribution >= 0.6 is 11.8 Å². The molecule has 1 aliphatic heterocycles. The Kier molecular flexibility index (Phi) is 4.60. The molecule has 0 spiro atoms. The monoisotopic (exact) mass is 294 g/mol. The van der Waals surface area contributed by atoms with E-state index >= 15 is 0 Å². The van der Waals surface area contributed by atoms with Gasteiger partial charge in [-0.1, -0.05) is 12.1 Å². The first kappa shape index (κ1) is 15.2. The normalized spacial score (nSPS) is 21.8. The molecular formula is C15H22N2O2S. The lowest BCUT2D eigenvalue weighted by molar-refractivity contribution is -0.147. The summed E-state index contributed by atoms with van der Waals surface area (Å²) in [6, 6.07) is 8.09. The highest BCUT2D eigenvalue weighted by atomic mass is 32.2. The quantitative estimate of drug-likeness (QED) is 0.915. The fraction of sp³-hybridized carbons (Fsp3) is 0.533. The van der Waals surface area contributed by atoms with Gasteiger partial charge in [-0.05, 0) is 29.9 Å². The summed E-state index contributed by atoms with van der Waals surface area (Å²) in [6.45, 7) is 0.521. The first-order chi connectivity index (χ1) is 9.42. The molecular weight excluding hydrogens is 272 g/mol. The second-order valence-electron chi connectivity index (χ2n) is 5.56. The Morgan fingerprint density at radius 3 is 2.75 bits per heavy atom. The summed E-state index contributed by atoms with van der Waals surface area (Å²) in [5.74, 6) is 1.19. The number of rotatable bonds is 4. The highest BCUT2D eigenvalue weighted by molar-refractivity contribution is 7.99. The van der Waals surface area contributed by atoms with Gasteiger partial charge in [-0.25, -0.2) is 0 Å². The van der Waals surface area contributed by atoms with E-state index in [1.54, 1.807) is 23.7 Å². The minimum Gasteiger partial charge on any atom is -0.379 e. The van der Waals surface area contributed by atoms with Crippen molar-refractivity contribution < 1.29 is 9.90 Å². The van der Waals surface area contributed by atoms with Crippen molar-refractivity contribution in [1.29, 1.82) is 0 Å². The Balaban J connectivity index is 2.05. The summed E-state index contributed by atoms with van der Waals surface area (Å²) in [6.07, 6.45) is 0.554. The molecule has 1 aromatic rings. The number of hydrogen-bond acceptors (Lipinski definition) is 4. The smallest absolute Gasteiger partial charge is 0.255 e. The topological polar surface area (TPSA) is 43.8 Å². The molecule has 1 saturated heterocycles. The molecule has 0 radical (unpaired) electrons. The molecule has 0 saturated carbocycles. The van der Waals surface area contributed by atoms with Crippen LogP contribution in [0.1, 0.15) is 12.0 Å². The third kappa shape index (κ3) is 3.27. The molecule has 0 aromatic heterocycles. The lowest BCUT2D eigenvalue weighted by Gasteiger charge is -2.27. The molecule has 2 rings (SSSR count). The molecule has 0 aliphatic carbocycles. The van der Waals surface area contributed by atoms with Crippen LogP contribution in [0.5, 0.6) is 0 Å². The average Bonchev–Trinajstić information content (AvgIpc) is 2.86. The number of carbonyl (C=O) groups is 1. The lowest BCUT2D eigenvalue weighted by Crippen LogP contribution is -2.47. The molecule has 1 atom stereocenters. The van der Waals surface area contributed by atoms with Crippen molar-refractivity contribution in [3.8, 4) is 0 Å². The van der Waals surface area contributed by atoms with Gasteiger partial charge < -0.3 is 14.9 Å². The summed E-state index contributed by atoms with van der Waals surface area (Å²) in [7, 11) is 5.74. The minimum atomic E-state index is -1.17. The number of nitrogens with zero attached hydrogens (tertiary/aromatic N) is 2. The van der Waals surface area contributed by atoms with Crippen molar-refractivity contribution >= 4 is 23.4 Å². The van der Waals surface area contributed by atoms with Gasteiger partial charge in [0, 0.05) is 39.1 Å². The summed E-state index contributed by atoms with van der Waals surface area (Å²) < 4.78 is 0. The molecule has 0 bridgehead atoms. The van der Waals surface area contributed by atoms with Gasteiger partial charge in [0.25, 0.3) is 5.91 Å². The fourth-order valence-electron chi connectivity index (χ4n) is 2.36. The predicted octanol–water partition coefficient (Wildman–Crippen LogP) is 1.58. The minimum absolute atomic E-state index is 0.169. The van der Waals surface area contributed by atoms with Gasteiger partial charge >= 0.3 is 0 Å².